The lowest BCUT2D eigenvalue weighted by atomic mass is 10.0. The van der Waals surface area contributed by atoms with Crippen LogP contribution in [0.1, 0.15) is 19.3 Å². The SMILES string of the molecule is CS(=O)(=O)CCC(N)C(=O)OCC1CCOCC1. The first-order valence-electron chi connectivity index (χ1n) is 6.06. The van der Waals surface area contributed by atoms with Crippen LogP contribution in [0, 0.1) is 5.92 Å². The van der Waals surface area contributed by atoms with E-state index in [1.165, 1.54) is 0 Å². The second kappa shape index (κ2) is 7.06. The Morgan fingerprint density at radius 2 is 2.06 bits per heavy atom. The number of rotatable bonds is 6. The number of ether oxygens (including phenoxy) is 2. The molecule has 7 heteroatoms. The van der Waals surface area contributed by atoms with Crippen LogP contribution in [0.4, 0.5) is 0 Å². The van der Waals surface area contributed by atoms with E-state index >= 15 is 0 Å². The van der Waals surface area contributed by atoms with E-state index in [1.54, 1.807) is 0 Å². The summed E-state index contributed by atoms with van der Waals surface area (Å²) < 4.78 is 32.2. The maximum Gasteiger partial charge on any atom is 0.322 e. The lowest BCUT2D eigenvalue weighted by Gasteiger charge is -2.22. The van der Waals surface area contributed by atoms with Crippen molar-refractivity contribution >= 4 is 15.8 Å². The highest BCUT2D eigenvalue weighted by atomic mass is 32.2. The molecule has 0 radical (unpaired) electrons. The van der Waals surface area contributed by atoms with Gasteiger partial charge in [-0.05, 0) is 25.2 Å². The lowest BCUT2D eigenvalue weighted by Crippen LogP contribution is -2.35. The summed E-state index contributed by atoms with van der Waals surface area (Å²) in [6.07, 6.45) is 2.98. The Labute approximate surface area is 108 Å². The summed E-state index contributed by atoms with van der Waals surface area (Å²) in [5.41, 5.74) is 5.58. The van der Waals surface area contributed by atoms with Crippen molar-refractivity contribution in [3.05, 3.63) is 0 Å². The fourth-order valence-corrected chi connectivity index (χ4v) is 2.36. The van der Waals surface area contributed by atoms with Crippen LogP contribution in [0.5, 0.6) is 0 Å². The van der Waals surface area contributed by atoms with Gasteiger partial charge < -0.3 is 15.2 Å². The summed E-state index contributed by atoms with van der Waals surface area (Å²) in [6, 6.07) is -0.862. The van der Waals surface area contributed by atoms with E-state index in [9.17, 15) is 13.2 Å². The van der Waals surface area contributed by atoms with Crippen LogP contribution in [-0.4, -0.2) is 52.3 Å². The van der Waals surface area contributed by atoms with Crippen molar-refractivity contribution in [3.8, 4) is 0 Å². The van der Waals surface area contributed by atoms with Gasteiger partial charge >= 0.3 is 5.97 Å². The van der Waals surface area contributed by atoms with Gasteiger partial charge in [-0.25, -0.2) is 8.42 Å². The van der Waals surface area contributed by atoms with E-state index in [0.29, 0.717) is 25.7 Å². The van der Waals surface area contributed by atoms with Crippen LogP contribution in [0.25, 0.3) is 0 Å². The minimum absolute atomic E-state index is 0.0967. The summed E-state index contributed by atoms with van der Waals surface area (Å²) in [4.78, 5) is 11.5. The van der Waals surface area contributed by atoms with E-state index in [1.807, 2.05) is 0 Å². The third kappa shape index (κ3) is 6.32. The van der Waals surface area contributed by atoms with E-state index in [0.717, 1.165) is 19.1 Å². The second-order valence-electron chi connectivity index (χ2n) is 4.71. The van der Waals surface area contributed by atoms with Gasteiger partial charge in [0.1, 0.15) is 15.9 Å². The highest BCUT2D eigenvalue weighted by molar-refractivity contribution is 7.90. The zero-order chi connectivity index (χ0) is 13.6. The van der Waals surface area contributed by atoms with Crippen LogP contribution in [0.3, 0.4) is 0 Å². The average molecular weight is 279 g/mol. The smallest absolute Gasteiger partial charge is 0.322 e. The van der Waals surface area contributed by atoms with Crippen molar-refractivity contribution < 1.29 is 22.7 Å². The van der Waals surface area contributed by atoms with Gasteiger partial charge in [-0.15, -0.1) is 0 Å². The summed E-state index contributed by atoms with van der Waals surface area (Å²) in [7, 11) is -3.09. The standard InChI is InChI=1S/C11H21NO5S/c1-18(14,15)7-4-10(12)11(13)17-8-9-2-5-16-6-3-9/h9-10H,2-8,12H2,1H3. The quantitative estimate of drug-likeness (QED) is 0.672. The maximum absolute atomic E-state index is 11.5. The molecule has 1 aliphatic heterocycles. The number of carbonyl (C=O) groups excluding carboxylic acids is 1. The van der Waals surface area contributed by atoms with Gasteiger partial charge in [-0.2, -0.15) is 0 Å². The van der Waals surface area contributed by atoms with Gasteiger partial charge in [0.15, 0.2) is 0 Å². The molecule has 0 saturated carbocycles. The molecule has 0 aromatic carbocycles. The van der Waals surface area contributed by atoms with Crippen molar-refractivity contribution in [2.75, 3.05) is 31.8 Å². The topological polar surface area (TPSA) is 95.7 Å². The molecule has 18 heavy (non-hydrogen) atoms. The van der Waals surface area contributed by atoms with Gasteiger partial charge in [0.2, 0.25) is 0 Å². The Morgan fingerprint density at radius 3 is 2.61 bits per heavy atom. The number of esters is 1. The molecule has 1 fully saturated rings. The van der Waals surface area contributed by atoms with Gasteiger partial charge in [-0.1, -0.05) is 0 Å². The van der Waals surface area contributed by atoms with Crippen LogP contribution >= 0.6 is 0 Å². The number of sulfone groups is 1. The fourth-order valence-electron chi connectivity index (χ4n) is 1.68. The molecule has 0 aromatic rings. The minimum atomic E-state index is -3.09. The molecule has 0 spiro atoms. The lowest BCUT2D eigenvalue weighted by molar-refractivity contribution is -0.147. The van der Waals surface area contributed by atoms with E-state index in [2.05, 4.69) is 0 Å². The zero-order valence-corrected chi connectivity index (χ0v) is 11.4. The Hall–Kier alpha value is -0.660. The monoisotopic (exact) mass is 279 g/mol. The molecular formula is C11H21NO5S. The Bertz CT molecular complexity index is 362. The molecule has 1 aliphatic rings. The van der Waals surface area contributed by atoms with Crippen molar-refractivity contribution in [2.45, 2.75) is 25.3 Å². The molecule has 0 aliphatic carbocycles. The first kappa shape index (κ1) is 15.4. The molecule has 1 unspecified atom stereocenters. The van der Waals surface area contributed by atoms with Crippen molar-refractivity contribution in [2.24, 2.45) is 11.7 Å². The highest BCUT2D eigenvalue weighted by Crippen LogP contribution is 2.15. The van der Waals surface area contributed by atoms with E-state index < -0.39 is 21.8 Å². The normalized spacial score (nSPS) is 19.4. The van der Waals surface area contributed by atoms with Crippen LogP contribution in [0.2, 0.25) is 0 Å². The number of hydrogen-bond donors (Lipinski definition) is 1. The van der Waals surface area contributed by atoms with Crippen molar-refractivity contribution in [3.63, 3.8) is 0 Å². The first-order valence-corrected chi connectivity index (χ1v) is 8.12. The minimum Gasteiger partial charge on any atom is -0.464 e. The highest BCUT2D eigenvalue weighted by Gasteiger charge is 2.20. The van der Waals surface area contributed by atoms with Crippen molar-refractivity contribution in [1.82, 2.24) is 0 Å². The second-order valence-corrected chi connectivity index (χ2v) is 6.97. The number of carbonyl (C=O) groups is 1. The fraction of sp³-hybridized carbons (Fsp3) is 0.909. The molecule has 106 valence electrons. The average Bonchev–Trinajstić information content (AvgIpc) is 2.33. The molecule has 1 atom stereocenters. The molecule has 6 nitrogen and oxygen atoms in total. The molecule has 1 saturated heterocycles. The zero-order valence-electron chi connectivity index (χ0n) is 10.6. The molecule has 0 bridgehead atoms. The summed E-state index contributed by atoms with van der Waals surface area (Å²) in [6.45, 7) is 1.74. The molecule has 1 rings (SSSR count). The Morgan fingerprint density at radius 1 is 1.44 bits per heavy atom. The van der Waals surface area contributed by atoms with Gasteiger partial charge in [0, 0.05) is 19.5 Å². The van der Waals surface area contributed by atoms with Crippen LogP contribution in [0.15, 0.2) is 0 Å². The number of hydrogen-bond acceptors (Lipinski definition) is 6. The third-order valence-electron chi connectivity index (χ3n) is 2.90. The maximum atomic E-state index is 11.5. The van der Waals surface area contributed by atoms with Gasteiger partial charge in [0.05, 0.1) is 12.4 Å². The summed E-state index contributed by atoms with van der Waals surface area (Å²) in [5.74, 6) is -0.296. The van der Waals surface area contributed by atoms with Crippen molar-refractivity contribution in [1.29, 1.82) is 0 Å². The van der Waals surface area contributed by atoms with Gasteiger partial charge in [-0.3, -0.25) is 4.79 Å². The Balaban J connectivity index is 2.22. The molecular weight excluding hydrogens is 258 g/mol. The van der Waals surface area contributed by atoms with Gasteiger partial charge in [0.25, 0.3) is 0 Å². The molecule has 2 N–H and O–H groups in total. The first-order chi connectivity index (χ1) is 8.38. The predicted molar refractivity (Wildman–Crippen MR) is 66.8 cm³/mol. The molecule has 1 heterocycles. The molecule has 0 amide bonds. The van der Waals surface area contributed by atoms with E-state index in [-0.39, 0.29) is 12.2 Å². The molecule has 0 aromatic heterocycles. The number of nitrogens with two attached hydrogens (primary N) is 1. The Kier molecular flexibility index (Phi) is 6.04. The van der Waals surface area contributed by atoms with Crippen LogP contribution < -0.4 is 5.73 Å². The summed E-state index contributed by atoms with van der Waals surface area (Å²) in [5, 5.41) is 0. The summed E-state index contributed by atoms with van der Waals surface area (Å²) >= 11 is 0. The third-order valence-corrected chi connectivity index (χ3v) is 3.88. The predicted octanol–water partition coefficient (Wildman–Crippen LogP) is -0.282. The van der Waals surface area contributed by atoms with Crippen LogP contribution in [-0.2, 0) is 24.1 Å². The largest absolute Gasteiger partial charge is 0.464 e. The van der Waals surface area contributed by atoms with E-state index in [4.69, 9.17) is 15.2 Å².